The van der Waals surface area contributed by atoms with Gasteiger partial charge in [-0.3, -0.25) is 0 Å². The number of rotatable bonds is 3. The molecule has 4 heteroatoms. The molecule has 3 nitrogen and oxygen atoms in total. The van der Waals surface area contributed by atoms with E-state index in [2.05, 4.69) is 4.98 Å². The van der Waals surface area contributed by atoms with Crippen molar-refractivity contribution in [3.63, 3.8) is 0 Å². The monoisotopic (exact) mass is 231 g/mol. The maximum Gasteiger partial charge on any atom is 0.125 e. The standard InChI is InChI=1S/C13H14FN3/c1-17(12-4-2-3-11(14)7-12)9-10-5-6-13(15)16-8-10/h2-8H,9H2,1H3,(H2,15,16). The third-order valence-corrected chi connectivity index (χ3v) is 2.52. The molecule has 2 rings (SSSR count). The summed E-state index contributed by atoms with van der Waals surface area (Å²) in [6.45, 7) is 0.663. The van der Waals surface area contributed by atoms with Crippen LogP contribution >= 0.6 is 0 Å². The number of nitrogens with zero attached hydrogens (tertiary/aromatic N) is 2. The van der Waals surface area contributed by atoms with Crippen LogP contribution in [0.4, 0.5) is 15.9 Å². The molecule has 0 saturated carbocycles. The summed E-state index contributed by atoms with van der Waals surface area (Å²) < 4.78 is 13.1. The van der Waals surface area contributed by atoms with Crippen LogP contribution in [0, 0.1) is 5.82 Å². The highest BCUT2D eigenvalue weighted by atomic mass is 19.1. The third-order valence-electron chi connectivity index (χ3n) is 2.52. The van der Waals surface area contributed by atoms with Gasteiger partial charge in [0.2, 0.25) is 0 Å². The summed E-state index contributed by atoms with van der Waals surface area (Å²) in [5.41, 5.74) is 7.38. The van der Waals surface area contributed by atoms with Crippen LogP contribution < -0.4 is 10.6 Å². The zero-order chi connectivity index (χ0) is 12.3. The topological polar surface area (TPSA) is 42.1 Å². The first-order valence-corrected chi connectivity index (χ1v) is 5.32. The lowest BCUT2D eigenvalue weighted by atomic mass is 10.2. The highest BCUT2D eigenvalue weighted by molar-refractivity contribution is 5.46. The lowest BCUT2D eigenvalue weighted by molar-refractivity contribution is 0.627. The summed E-state index contributed by atoms with van der Waals surface area (Å²) in [5, 5.41) is 0. The molecule has 0 bridgehead atoms. The molecule has 0 aliphatic heterocycles. The lowest BCUT2D eigenvalue weighted by Gasteiger charge is -2.19. The fraction of sp³-hybridized carbons (Fsp3) is 0.154. The molecule has 2 N–H and O–H groups in total. The SMILES string of the molecule is CN(Cc1ccc(N)nc1)c1cccc(F)c1. The Kier molecular flexibility index (Phi) is 3.23. The largest absolute Gasteiger partial charge is 0.384 e. The van der Waals surface area contributed by atoms with Gasteiger partial charge in [-0.1, -0.05) is 12.1 Å². The molecular weight excluding hydrogens is 217 g/mol. The van der Waals surface area contributed by atoms with Crippen LogP contribution in [0.1, 0.15) is 5.56 Å². The second-order valence-electron chi connectivity index (χ2n) is 3.93. The molecule has 17 heavy (non-hydrogen) atoms. The molecule has 0 radical (unpaired) electrons. The van der Waals surface area contributed by atoms with Crippen LogP contribution in [-0.2, 0) is 6.54 Å². The number of aromatic nitrogens is 1. The summed E-state index contributed by atoms with van der Waals surface area (Å²) in [7, 11) is 1.91. The number of hydrogen-bond donors (Lipinski definition) is 1. The van der Waals surface area contributed by atoms with E-state index < -0.39 is 0 Å². The zero-order valence-electron chi connectivity index (χ0n) is 9.60. The van der Waals surface area contributed by atoms with Gasteiger partial charge >= 0.3 is 0 Å². The van der Waals surface area contributed by atoms with Crippen LogP contribution in [-0.4, -0.2) is 12.0 Å². The van der Waals surface area contributed by atoms with E-state index in [1.54, 1.807) is 18.3 Å². The van der Waals surface area contributed by atoms with Crippen molar-refractivity contribution >= 4 is 11.5 Å². The number of benzene rings is 1. The normalized spacial score (nSPS) is 10.2. The number of nitrogens with two attached hydrogens (primary N) is 1. The van der Waals surface area contributed by atoms with Gasteiger partial charge in [-0.05, 0) is 29.8 Å². The van der Waals surface area contributed by atoms with Crippen molar-refractivity contribution in [1.29, 1.82) is 0 Å². The Bertz CT molecular complexity index is 496. The molecule has 0 amide bonds. The van der Waals surface area contributed by atoms with E-state index in [-0.39, 0.29) is 5.82 Å². The summed E-state index contributed by atoms with van der Waals surface area (Å²) in [6, 6.07) is 10.2. The highest BCUT2D eigenvalue weighted by Gasteiger charge is 2.03. The van der Waals surface area contributed by atoms with Gasteiger partial charge in [0.25, 0.3) is 0 Å². The fourth-order valence-corrected chi connectivity index (χ4v) is 1.61. The minimum absolute atomic E-state index is 0.232. The van der Waals surface area contributed by atoms with Crippen LogP contribution in [0.25, 0.3) is 0 Å². The number of pyridine rings is 1. The van der Waals surface area contributed by atoms with Crippen molar-refractivity contribution < 1.29 is 4.39 Å². The Labute approximate surface area is 99.7 Å². The van der Waals surface area contributed by atoms with Gasteiger partial charge in [0, 0.05) is 25.5 Å². The first-order chi connectivity index (χ1) is 8.15. The van der Waals surface area contributed by atoms with Gasteiger partial charge in [0.15, 0.2) is 0 Å². The summed E-state index contributed by atoms with van der Waals surface area (Å²) in [6.07, 6.45) is 1.73. The molecule has 0 aliphatic rings. The van der Waals surface area contributed by atoms with E-state index in [0.29, 0.717) is 12.4 Å². The number of nitrogen functional groups attached to an aromatic ring is 1. The molecule has 1 aromatic heterocycles. The van der Waals surface area contributed by atoms with Crippen molar-refractivity contribution in [3.8, 4) is 0 Å². The van der Waals surface area contributed by atoms with Crippen LogP contribution in [0.3, 0.4) is 0 Å². The van der Waals surface area contributed by atoms with Gasteiger partial charge in [-0.25, -0.2) is 9.37 Å². The second kappa shape index (κ2) is 4.82. The quantitative estimate of drug-likeness (QED) is 0.882. The Morgan fingerprint density at radius 3 is 2.76 bits per heavy atom. The Morgan fingerprint density at radius 1 is 1.29 bits per heavy atom. The van der Waals surface area contributed by atoms with E-state index in [4.69, 9.17) is 5.73 Å². The van der Waals surface area contributed by atoms with Crippen molar-refractivity contribution in [2.24, 2.45) is 0 Å². The Morgan fingerprint density at radius 2 is 2.12 bits per heavy atom. The molecule has 0 spiro atoms. The highest BCUT2D eigenvalue weighted by Crippen LogP contribution is 2.16. The average molecular weight is 231 g/mol. The van der Waals surface area contributed by atoms with Gasteiger partial charge < -0.3 is 10.6 Å². The van der Waals surface area contributed by atoms with Gasteiger partial charge in [0.1, 0.15) is 11.6 Å². The summed E-state index contributed by atoms with van der Waals surface area (Å²) in [4.78, 5) is 5.98. The van der Waals surface area contributed by atoms with Gasteiger partial charge in [-0.2, -0.15) is 0 Å². The van der Waals surface area contributed by atoms with Crippen LogP contribution in [0.15, 0.2) is 42.6 Å². The van der Waals surface area contributed by atoms with Gasteiger partial charge in [-0.15, -0.1) is 0 Å². The van der Waals surface area contributed by atoms with E-state index in [0.717, 1.165) is 11.3 Å². The van der Waals surface area contributed by atoms with E-state index in [9.17, 15) is 4.39 Å². The second-order valence-corrected chi connectivity index (χ2v) is 3.93. The first-order valence-electron chi connectivity index (χ1n) is 5.32. The van der Waals surface area contributed by atoms with Crippen molar-refractivity contribution in [1.82, 2.24) is 4.98 Å². The zero-order valence-corrected chi connectivity index (χ0v) is 9.60. The Hall–Kier alpha value is -2.10. The van der Waals surface area contributed by atoms with Crippen molar-refractivity contribution in [3.05, 3.63) is 54.0 Å². The Balaban J connectivity index is 2.11. The molecule has 1 heterocycles. The van der Waals surface area contributed by atoms with E-state index in [1.807, 2.05) is 24.1 Å². The predicted octanol–water partition coefficient (Wildman–Crippen LogP) is 2.44. The van der Waals surface area contributed by atoms with Crippen LogP contribution in [0.5, 0.6) is 0 Å². The molecule has 0 unspecified atom stereocenters. The molecule has 88 valence electrons. The lowest BCUT2D eigenvalue weighted by Crippen LogP contribution is -2.16. The van der Waals surface area contributed by atoms with E-state index in [1.165, 1.54) is 12.1 Å². The predicted molar refractivity (Wildman–Crippen MR) is 67.2 cm³/mol. The average Bonchev–Trinajstić information content (AvgIpc) is 2.32. The number of halogens is 1. The van der Waals surface area contributed by atoms with Crippen molar-refractivity contribution in [2.75, 3.05) is 17.7 Å². The summed E-state index contributed by atoms with van der Waals surface area (Å²) >= 11 is 0. The van der Waals surface area contributed by atoms with Crippen LogP contribution in [0.2, 0.25) is 0 Å². The number of hydrogen-bond acceptors (Lipinski definition) is 3. The maximum absolute atomic E-state index is 13.1. The van der Waals surface area contributed by atoms with Crippen molar-refractivity contribution in [2.45, 2.75) is 6.54 Å². The molecule has 0 fully saturated rings. The minimum Gasteiger partial charge on any atom is -0.384 e. The molecule has 2 aromatic rings. The smallest absolute Gasteiger partial charge is 0.125 e. The number of anilines is 2. The summed E-state index contributed by atoms with van der Waals surface area (Å²) in [5.74, 6) is 0.270. The maximum atomic E-state index is 13.1. The fourth-order valence-electron chi connectivity index (χ4n) is 1.61. The first kappa shape index (κ1) is 11.4. The molecular formula is C13H14FN3. The molecule has 0 aliphatic carbocycles. The molecule has 0 atom stereocenters. The van der Waals surface area contributed by atoms with Gasteiger partial charge in [0.05, 0.1) is 0 Å². The minimum atomic E-state index is -0.232. The molecule has 0 saturated heterocycles. The van der Waals surface area contributed by atoms with E-state index >= 15 is 0 Å². The molecule has 1 aromatic carbocycles. The third kappa shape index (κ3) is 2.93.